The molecule has 0 amide bonds. The Labute approximate surface area is 193 Å². The molecule has 0 aliphatic heterocycles. The van der Waals surface area contributed by atoms with E-state index in [9.17, 15) is 18.7 Å². The smallest absolute Gasteiger partial charge is 0.350 e. The van der Waals surface area contributed by atoms with E-state index in [1.807, 2.05) is 0 Å². The molecule has 0 saturated heterocycles. The highest BCUT2D eigenvalue weighted by molar-refractivity contribution is 5.41. The third-order valence-electron chi connectivity index (χ3n) is 4.67. The summed E-state index contributed by atoms with van der Waals surface area (Å²) in [6.07, 6.45) is 2.77. The van der Waals surface area contributed by atoms with E-state index >= 15 is 0 Å². The maximum absolute atomic E-state index is 13.9. The Morgan fingerprint density at radius 3 is 2.44 bits per heavy atom. The summed E-state index contributed by atoms with van der Waals surface area (Å²) in [4.78, 5) is 16.8. The number of hydrogen-bond donors (Lipinski definition) is 1. The minimum Gasteiger partial charge on any atom is -0.457 e. The van der Waals surface area contributed by atoms with Crippen LogP contribution in [0.15, 0.2) is 71.9 Å². The van der Waals surface area contributed by atoms with E-state index in [1.165, 1.54) is 12.4 Å². The summed E-state index contributed by atoms with van der Waals surface area (Å²) in [7, 11) is 0. The molecular formula is C25H20F2N4O3. The third kappa shape index (κ3) is 5.36. The van der Waals surface area contributed by atoms with E-state index in [0.717, 1.165) is 21.4 Å². The Morgan fingerprint density at radius 2 is 1.76 bits per heavy atom. The van der Waals surface area contributed by atoms with Gasteiger partial charge >= 0.3 is 5.69 Å². The van der Waals surface area contributed by atoms with Gasteiger partial charge in [0.25, 0.3) is 0 Å². The zero-order valence-electron chi connectivity index (χ0n) is 18.4. The first-order valence-electron chi connectivity index (χ1n) is 10.3. The van der Waals surface area contributed by atoms with Crippen molar-refractivity contribution in [1.29, 1.82) is 0 Å². The van der Waals surface area contributed by atoms with Gasteiger partial charge in [-0.3, -0.25) is 4.57 Å². The highest BCUT2D eigenvalue weighted by Gasteiger charge is 2.13. The molecule has 2 heterocycles. The van der Waals surface area contributed by atoms with Gasteiger partial charge in [0.2, 0.25) is 0 Å². The van der Waals surface area contributed by atoms with Gasteiger partial charge in [-0.15, -0.1) is 0 Å². The van der Waals surface area contributed by atoms with Crippen molar-refractivity contribution in [3.63, 3.8) is 0 Å². The molecule has 0 unspecified atom stereocenters. The first-order valence-corrected chi connectivity index (χ1v) is 10.3. The summed E-state index contributed by atoms with van der Waals surface area (Å²) in [6, 6.07) is 13.4. The second-order valence-corrected chi connectivity index (χ2v) is 7.94. The van der Waals surface area contributed by atoms with Crippen molar-refractivity contribution in [3.8, 4) is 29.0 Å². The summed E-state index contributed by atoms with van der Waals surface area (Å²) < 4.78 is 35.9. The lowest BCUT2D eigenvalue weighted by molar-refractivity contribution is 0.143. The first-order chi connectivity index (χ1) is 16.2. The topological polar surface area (TPSA) is 82.2 Å². The second kappa shape index (κ2) is 9.29. The monoisotopic (exact) mass is 462 g/mol. The van der Waals surface area contributed by atoms with Crippen LogP contribution in [-0.2, 0) is 6.54 Å². The molecule has 0 aliphatic carbocycles. The number of aliphatic hydroxyl groups is 1. The summed E-state index contributed by atoms with van der Waals surface area (Å²) >= 11 is 0. The van der Waals surface area contributed by atoms with Crippen LogP contribution in [0.25, 0.3) is 5.69 Å². The van der Waals surface area contributed by atoms with Crippen molar-refractivity contribution in [2.75, 3.05) is 0 Å². The Hall–Kier alpha value is -4.29. The molecule has 0 aliphatic rings. The molecule has 0 radical (unpaired) electrons. The minimum absolute atomic E-state index is 0.211. The molecule has 0 atom stereocenters. The maximum atomic E-state index is 13.9. The Kier molecular flexibility index (Phi) is 6.25. The van der Waals surface area contributed by atoms with Crippen molar-refractivity contribution in [3.05, 3.63) is 100 Å². The zero-order valence-corrected chi connectivity index (χ0v) is 18.4. The van der Waals surface area contributed by atoms with Crippen LogP contribution in [0.2, 0.25) is 0 Å². The Morgan fingerprint density at radius 1 is 1.06 bits per heavy atom. The number of halogens is 2. The van der Waals surface area contributed by atoms with E-state index in [1.54, 1.807) is 56.4 Å². The van der Waals surface area contributed by atoms with Crippen LogP contribution >= 0.6 is 0 Å². The van der Waals surface area contributed by atoms with Gasteiger partial charge in [-0.2, -0.15) is 9.78 Å². The van der Waals surface area contributed by atoms with Gasteiger partial charge in [0.1, 0.15) is 40.8 Å². The van der Waals surface area contributed by atoms with Gasteiger partial charge in [-0.05, 0) is 62.2 Å². The molecule has 1 N–H and O–H groups in total. The van der Waals surface area contributed by atoms with Gasteiger partial charge in [-0.25, -0.2) is 18.6 Å². The summed E-state index contributed by atoms with van der Waals surface area (Å²) in [5.41, 5.74) is -0.989. The van der Waals surface area contributed by atoms with Gasteiger partial charge < -0.3 is 9.84 Å². The maximum Gasteiger partial charge on any atom is 0.350 e. The normalized spacial score (nSPS) is 11.1. The fourth-order valence-electron chi connectivity index (χ4n) is 3.03. The summed E-state index contributed by atoms with van der Waals surface area (Å²) in [6.45, 7) is 2.88. The SMILES string of the molecule is CC(C)(O)C#Cc1cc(Oc2ccc(-n3ncn(Cc4c(F)cccc4F)c3=O)cc2)ccn1. The lowest BCUT2D eigenvalue weighted by Gasteiger charge is -2.08. The van der Waals surface area contributed by atoms with E-state index in [0.29, 0.717) is 22.9 Å². The standard InChI is InChI=1S/C25H20F2N4O3/c1-25(2,33)12-10-17-14-20(11-13-28-17)34-19-8-6-18(7-9-19)31-24(32)30(16-29-31)15-21-22(26)4-3-5-23(21)27/h3-9,11,13-14,16,33H,15H2,1-2H3. The van der Waals surface area contributed by atoms with E-state index in [4.69, 9.17) is 4.74 Å². The Bertz CT molecular complexity index is 1420. The third-order valence-corrected chi connectivity index (χ3v) is 4.67. The molecule has 0 bridgehead atoms. The number of nitrogens with zero attached hydrogens (tertiary/aromatic N) is 4. The van der Waals surface area contributed by atoms with Gasteiger partial charge in [0.15, 0.2) is 0 Å². The van der Waals surface area contributed by atoms with Gasteiger partial charge in [0, 0.05) is 17.8 Å². The number of hydrogen-bond acceptors (Lipinski definition) is 5. The second-order valence-electron chi connectivity index (χ2n) is 7.94. The fourth-order valence-corrected chi connectivity index (χ4v) is 3.03. The molecule has 0 fully saturated rings. The molecule has 0 saturated carbocycles. The van der Waals surface area contributed by atoms with E-state index < -0.39 is 22.9 Å². The van der Waals surface area contributed by atoms with E-state index in [-0.39, 0.29) is 12.1 Å². The number of rotatable bonds is 5. The zero-order chi connectivity index (χ0) is 24.3. The molecular weight excluding hydrogens is 442 g/mol. The van der Waals surface area contributed by atoms with Crippen molar-refractivity contribution < 1.29 is 18.6 Å². The van der Waals surface area contributed by atoms with Gasteiger partial charge in [0.05, 0.1) is 12.2 Å². The van der Waals surface area contributed by atoms with Crippen molar-refractivity contribution in [2.45, 2.75) is 26.0 Å². The molecule has 34 heavy (non-hydrogen) atoms. The van der Waals surface area contributed by atoms with Crippen LogP contribution < -0.4 is 10.4 Å². The van der Waals surface area contributed by atoms with Crippen molar-refractivity contribution in [1.82, 2.24) is 19.3 Å². The molecule has 4 rings (SSSR count). The Balaban J connectivity index is 1.51. The van der Waals surface area contributed by atoms with Crippen LogP contribution in [0.3, 0.4) is 0 Å². The average molecular weight is 462 g/mol. The van der Waals surface area contributed by atoms with Gasteiger partial charge in [-0.1, -0.05) is 12.0 Å². The largest absolute Gasteiger partial charge is 0.457 e. The quantitative estimate of drug-likeness (QED) is 0.458. The van der Waals surface area contributed by atoms with Crippen molar-refractivity contribution in [2.24, 2.45) is 0 Å². The lowest BCUT2D eigenvalue weighted by atomic mass is 10.1. The lowest BCUT2D eigenvalue weighted by Crippen LogP contribution is -2.24. The van der Waals surface area contributed by atoms with Crippen LogP contribution in [0, 0.1) is 23.5 Å². The average Bonchev–Trinajstić information content (AvgIpc) is 3.15. The van der Waals surface area contributed by atoms with Crippen LogP contribution in [0.5, 0.6) is 11.5 Å². The highest BCUT2D eigenvalue weighted by atomic mass is 19.1. The van der Waals surface area contributed by atoms with E-state index in [2.05, 4.69) is 21.9 Å². The highest BCUT2D eigenvalue weighted by Crippen LogP contribution is 2.22. The molecule has 172 valence electrons. The molecule has 2 aromatic carbocycles. The predicted molar refractivity (Wildman–Crippen MR) is 121 cm³/mol. The molecule has 2 aromatic heterocycles. The first kappa shape index (κ1) is 22.9. The van der Waals surface area contributed by atoms with Crippen LogP contribution in [0.4, 0.5) is 8.78 Å². The number of ether oxygens (including phenoxy) is 1. The fraction of sp³-hybridized carbons (Fsp3) is 0.160. The number of benzene rings is 2. The molecule has 4 aromatic rings. The number of aromatic nitrogens is 4. The summed E-state index contributed by atoms with van der Waals surface area (Å²) in [5, 5.41) is 13.8. The number of pyridine rings is 1. The molecule has 7 nitrogen and oxygen atoms in total. The molecule has 9 heteroatoms. The van der Waals surface area contributed by atoms with Crippen LogP contribution in [-0.4, -0.2) is 30.0 Å². The molecule has 0 spiro atoms. The minimum atomic E-state index is -1.14. The predicted octanol–water partition coefficient (Wildman–Crippen LogP) is 3.67. The van der Waals surface area contributed by atoms with Crippen molar-refractivity contribution >= 4 is 0 Å². The summed E-state index contributed by atoms with van der Waals surface area (Å²) in [5.74, 6) is 5.01. The van der Waals surface area contributed by atoms with Crippen LogP contribution in [0.1, 0.15) is 25.1 Å².